The SMILES string of the molecule is OC1(CNCc2ccc(-c3ccccc3)s2)CCOC1. The molecule has 106 valence electrons. The molecule has 1 aliphatic heterocycles. The van der Waals surface area contributed by atoms with Gasteiger partial charge in [0.1, 0.15) is 5.60 Å². The molecule has 3 nitrogen and oxygen atoms in total. The Balaban J connectivity index is 1.55. The summed E-state index contributed by atoms with van der Waals surface area (Å²) >= 11 is 1.79. The first-order valence-corrected chi connectivity index (χ1v) is 7.72. The highest BCUT2D eigenvalue weighted by Gasteiger charge is 2.31. The van der Waals surface area contributed by atoms with Crippen molar-refractivity contribution >= 4 is 11.3 Å². The summed E-state index contributed by atoms with van der Waals surface area (Å²) in [4.78, 5) is 2.57. The Kier molecular flexibility index (Phi) is 4.17. The van der Waals surface area contributed by atoms with E-state index in [0.717, 1.165) is 13.0 Å². The first-order valence-electron chi connectivity index (χ1n) is 6.90. The van der Waals surface area contributed by atoms with Crippen LogP contribution in [0.2, 0.25) is 0 Å². The molecule has 1 unspecified atom stereocenters. The maximum atomic E-state index is 10.2. The lowest BCUT2D eigenvalue weighted by atomic mass is 10.0. The summed E-state index contributed by atoms with van der Waals surface area (Å²) in [5, 5.41) is 13.5. The Labute approximate surface area is 123 Å². The van der Waals surface area contributed by atoms with Crippen molar-refractivity contribution in [3.05, 3.63) is 47.3 Å². The molecule has 0 aliphatic carbocycles. The van der Waals surface area contributed by atoms with Crippen LogP contribution in [0.1, 0.15) is 11.3 Å². The number of aliphatic hydroxyl groups is 1. The standard InChI is InChI=1S/C16H19NO2S/c18-16(8-9-19-12-16)11-17-10-14-6-7-15(20-14)13-4-2-1-3-5-13/h1-7,17-18H,8-12H2. The van der Waals surface area contributed by atoms with Crippen LogP contribution in [0.25, 0.3) is 10.4 Å². The first-order chi connectivity index (χ1) is 9.75. The highest BCUT2D eigenvalue weighted by molar-refractivity contribution is 7.15. The van der Waals surface area contributed by atoms with E-state index in [9.17, 15) is 5.11 Å². The first kappa shape index (κ1) is 13.8. The number of rotatable bonds is 5. The molecule has 0 bridgehead atoms. The second-order valence-electron chi connectivity index (χ2n) is 5.26. The molecule has 1 aromatic heterocycles. The Hall–Kier alpha value is -1.20. The fourth-order valence-corrected chi connectivity index (χ4v) is 3.37. The molecule has 2 heterocycles. The lowest BCUT2D eigenvalue weighted by Gasteiger charge is -2.20. The Morgan fingerprint density at radius 3 is 2.80 bits per heavy atom. The molecule has 1 aliphatic rings. The smallest absolute Gasteiger partial charge is 0.103 e. The van der Waals surface area contributed by atoms with E-state index in [1.165, 1.54) is 15.3 Å². The molecule has 0 saturated carbocycles. The van der Waals surface area contributed by atoms with E-state index in [1.807, 2.05) is 6.07 Å². The van der Waals surface area contributed by atoms with Crippen molar-refractivity contribution in [2.24, 2.45) is 0 Å². The van der Waals surface area contributed by atoms with Gasteiger partial charge in [-0.2, -0.15) is 0 Å². The van der Waals surface area contributed by atoms with Gasteiger partial charge in [0.05, 0.1) is 6.61 Å². The average molecular weight is 289 g/mol. The van der Waals surface area contributed by atoms with Gasteiger partial charge in [0.2, 0.25) is 0 Å². The number of hydrogen-bond acceptors (Lipinski definition) is 4. The lowest BCUT2D eigenvalue weighted by molar-refractivity contribution is 0.0269. The van der Waals surface area contributed by atoms with Crippen molar-refractivity contribution in [2.45, 2.75) is 18.6 Å². The van der Waals surface area contributed by atoms with Gasteiger partial charge in [0.25, 0.3) is 0 Å². The van der Waals surface area contributed by atoms with Crippen LogP contribution < -0.4 is 5.32 Å². The number of ether oxygens (including phenoxy) is 1. The second-order valence-corrected chi connectivity index (χ2v) is 6.43. The summed E-state index contributed by atoms with van der Waals surface area (Å²) in [6, 6.07) is 14.7. The van der Waals surface area contributed by atoms with Gasteiger partial charge in [-0.3, -0.25) is 0 Å². The van der Waals surface area contributed by atoms with E-state index in [2.05, 4.69) is 41.7 Å². The molecular formula is C16H19NO2S. The predicted octanol–water partition coefficient (Wildman–Crippen LogP) is 2.66. The fraction of sp³-hybridized carbons (Fsp3) is 0.375. The van der Waals surface area contributed by atoms with Crippen LogP contribution in [0.15, 0.2) is 42.5 Å². The van der Waals surface area contributed by atoms with Gasteiger partial charge in [-0.1, -0.05) is 30.3 Å². The largest absolute Gasteiger partial charge is 0.386 e. The Morgan fingerprint density at radius 2 is 2.05 bits per heavy atom. The minimum absolute atomic E-state index is 0.444. The van der Waals surface area contributed by atoms with E-state index in [-0.39, 0.29) is 0 Å². The van der Waals surface area contributed by atoms with Crippen LogP contribution >= 0.6 is 11.3 Å². The van der Waals surface area contributed by atoms with E-state index in [1.54, 1.807) is 11.3 Å². The van der Waals surface area contributed by atoms with Crippen molar-refractivity contribution in [1.29, 1.82) is 0 Å². The molecule has 1 atom stereocenters. The van der Waals surface area contributed by atoms with Crippen LogP contribution in [0.4, 0.5) is 0 Å². The van der Waals surface area contributed by atoms with Gasteiger partial charge in [-0.25, -0.2) is 0 Å². The van der Waals surface area contributed by atoms with Crippen molar-refractivity contribution in [3.8, 4) is 10.4 Å². The van der Waals surface area contributed by atoms with E-state index < -0.39 is 5.60 Å². The zero-order valence-corrected chi connectivity index (χ0v) is 12.2. The molecule has 0 radical (unpaired) electrons. The second kappa shape index (κ2) is 6.06. The van der Waals surface area contributed by atoms with Crippen LogP contribution in [-0.2, 0) is 11.3 Å². The van der Waals surface area contributed by atoms with E-state index >= 15 is 0 Å². The zero-order valence-electron chi connectivity index (χ0n) is 11.3. The zero-order chi connectivity index (χ0) is 13.8. The maximum absolute atomic E-state index is 10.2. The molecule has 20 heavy (non-hydrogen) atoms. The molecule has 1 aromatic carbocycles. The molecule has 1 fully saturated rings. The van der Waals surface area contributed by atoms with Gasteiger partial charge >= 0.3 is 0 Å². The van der Waals surface area contributed by atoms with Gasteiger partial charge in [0.15, 0.2) is 0 Å². The van der Waals surface area contributed by atoms with Gasteiger partial charge < -0.3 is 15.2 Å². The summed E-state index contributed by atoms with van der Waals surface area (Å²) in [6.07, 6.45) is 0.722. The van der Waals surface area contributed by atoms with Crippen molar-refractivity contribution in [3.63, 3.8) is 0 Å². The normalized spacial score (nSPS) is 22.2. The van der Waals surface area contributed by atoms with Gasteiger partial charge in [-0.05, 0) is 17.7 Å². The van der Waals surface area contributed by atoms with Gasteiger partial charge in [0, 0.05) is 35.9 Å². The van der Waals surface area contributed by atoms with Crippen molar-refractivity contribution in [2.75, 3.05) is 19.8 Å². The van der Waals surface area contributed by atoms with E-state index in [0.29, 0.717) is 19.8 Å². The van der Waals surface area contributed by atoms with E-state index in [4.69, 9.17) is 4.74 Å². The van der Waals surface area contributed by atoms with Crippen LogP contribution in [-0.4, -0.2) is 30.5 Å². The minimum Gasteiger partial charge on any atom is -0.386 e. The lowest BCUT2D eigenvalue weighted by Crippen LogP contribution is -2.40. The fourth-order valence-electron chi connectivity index (χ4n) is 2.38. The maximum Gasteiger partial charge on any atom is 0.103 e. The topological polar surface area (TPSA) is 41.5 Å². The number of nitrogens with one attached hydrogen (secondary N) is 1. The third-order valence-electron chi connectivity index (χ3n) is 3.56. The predicted molar refractivity (Wildman–Crippen MR) is 81.8 cm³/mol. The minimum atomic E-state index is -0.681. The molecule has 2 aromatic rings. The van der Waals surface area contributed by atoms with Crippen LogP contribution in [0.3, 0.4) is 0 Å². The molecule has 3 rings (SSSR count). The summed E-state index contributed by atoms with van der Waals surface area (Å²) < 4.78 is 5.24. The number of benzene rings is 1. The number of thiophene rings is 1. The van der Waals surface area contributed by atoms with Crippen molar-refractivity contribution in [1.82, 2.24) is 5.32 Å². The molecule has 2 N–H and O–H groups in total. The molecule has 4 heteroatoms. The molecule has 1 saturated heterocycles. The van der Waals surface area contributed by atoms with Crippen LogP contribution in [0, 0.1) is 0 Å². The quantitative estimate of drug-likeness (QED) is 0.889. The Bertz CT molecular complexity index is 547. The van der Waals surface area contributed by atoms with Gasteiger partial charge in [-0.15, -0.1) is 11.3 Å². The monoisotopic (exact) mass is 289 g/mol. The third-order valence-corrected chi connectivity index (χ3v) is 4.69. The van der Waals surface area contributed by atoms with Crippen molar-refractivity contribution < 1.29 is 9.84 Å². The summed E-state index contributed by atoms with van der Waals surface area (Å²) in [6.45, 7) is 2.49. The molecular weight excluding hydrogens is 270 g/mol. The molecule has 0 spiro atoms. The highest BCUT2D eigenvalue weighted by atomic mass is 32.1. The van der Waals surface area contributed by atoms with Crippen LogP contribution in [0.5, 0.6) is 0 Å². The number of hydrogen-bond donors (Lipinski definition) is 2. The third kappa shape index (κ3) is 3.27. The summed E-state index contributed by atoms with van der Waals surface area (Å²) in [7, 11) is 0. The summed E-state index contributed by atoms with van der Waals surface area (Å²) in [5.74, 6) is 0. The molecule has 0 amide bonds. The average Bonchev–Trinajstić information content (AvgIpc) is 3.10. The summed E-state index contributed by atoms with van der Waals surface area (Å²) in [5.41, 5.74) is 0.575. The highest BCUT2D eigenvalue weighted by Crippen LogP contribution is 2.27. The Morgan fingerprint density at radius 1 is 1.20 bits per heavy atom.